The SMILES string of the molecule is COC(=O)C(Cc1ccccc1)NC(=O)NC(C)CCc1ccccc1. The molecule has 0 saturated carbocycles. The Morgan fingerprint density at radius 1 is 0.923 bits per heavy atom. The topological polar surface area (TPSA) is 67.4 Å². The van der Waals surface area contributed by atoms with Crippen molar-refractivity contribution in [2.45, 2.75) is 38.3 Å². The third kappa shape index (κ3) is 6.59. The summed E-state index contributed by atoms with van der Waals surface area (Å²) in [6, 6.07) is 18.6. The number of urea groups is 1. The van der Waals surface area contributed by atoms with Gasteiger partial charge in [0.2, 0.25) is 0 Å². The molecule has 5 heteroatoms. The van der Waals surface area contributed by atoms with Gasteiger partial charge in [-0.25, -0.2) is 9.59 Å². The van der Waals surface area contributed by atoms with E-state index >= 15 is 0 Å². The van der Waals surface area contributed by atoms with Crippen molar-refractivity contribution in [3.8, 4) is 0 Å². The van der Waals surface area contributed by atoms with Crippen molar-refractivity contribution in [2.75, 3.05) is 7.11 Å². The fraction of sp³-hybridized carbons (Fsp3) is 0.333. The first-order chi connectivity index (χ1) is 12.6. The zero-order chi connectivity index (χ0) is 18.8. The summed E-state index contributed by atoms with van der Waals surface area (Å²) < 4.78 is 4.81. The first-order valence-corrected chi connectivity index (χ1v) is 8.81. The first-order valence-electron chi connectivity index (χ1n) is 8.81. The maximum atomic E-state index is 12.3. The first kappa shape index (κ1) is 19.5. The highest BCUT2D eigenvalue weighted by molar-refractivity contribution is 5.83. The van der Waals surface area contributed by atoms with Gasteiger partial charge in [0.05, 0.1) is 7.11 Å². The van der Waals surface area contributed by atoms with Crippen LogP contribution in [-0.2, 0) is 22.4 Å². The molecule has 2 rings (SSSR count). The van der Waals surface area contributed by atoms with Crippen LogP contribution in [0.2, 0.25) is 0 Å². The van der Waals surface area contributed by atoms with Crippen LogP contribution >= 0.6 is 0 Å². The minimum atomic E-state index is -0.719. The fourth-order valence-electron chi connectivity index (χ4n) is 2.71. The molecule has 2 N–H and O–H groups in total. The van der Waals surface area contributed by atoms with Gasteiger partial charge in [0.25, 0.3) is 0 Å². The van der Waals surface area contributed by atoms with Crippen molar-refractivity contribution >= 4 is 12.0 Å². The van der Waals surface area contributed by atoms with Gasteiger partial charge in [-0.1, -0.05) is 60.7 Å². The van der Waals surface area contributed by atoms with Crippen molar-refractivity contribution < 1.29 is 14.3 Å². The number of carbonyl (C=O) groups is 2. The Hall–Kier alpha value is -2.82. The van der Waals surface area contributed by atoms with E-state index in [1.165, 1.54) is 12.7 Å². The minimum absolute atomic E-state index is 0.00905. The summed E-state index contributed by atoms with van der Waals surface area (Å²) in [6.07, 6.45) is 2.09. The standard InChI is InChI=1S/C21H26N2O3/c1-16(13-14-17-9-5-3-6-10-17)22-21(25)23-19(20(24)26-2)15-18-11-7-4-8-12-18/h3-12,16,19H,13-15H2,1-2H3,(H2,22,23,25). The molecule has 2 amide bonds. The highest BCUT2D eigenvalue weighted by Gasteiger charge is 2.22. The summed E-state index contributed by atoms with van der Waals surface area (Å²) in [6.45, 7) is 1.95. The van der Waals surface area contributed by atoms with Crippen LogP contribution in [-0.4, -0.2) is 31.2 Å². The molecule has 2 aromatic rings. The van der Waals surface area contributed by atoms with Crippen LogP contribution in [0.5, 0.6) is 0 Å². The van der Waals surface area contributed by atoms with Gasteiger partial charge in [0.1, 0.15) is 6.04 Å². The quantitative estimate of drug-likeness (QED) is 0.716. The molecular formula is C21H26N2O3. The van der Waals surface area contributed by atoms with Crippen LogP contribution in [0.15, 0.2) is 60.7 Å². The van der Waals surface area contributed by atoms with E-state index in [-0.39, 0.29) is 12.1 Å². The van der Waals surface area contributed by atoms with Gasteiger partial charge in [-0.15, -0.1) is 0 Å². The predicted molar refractivity (Wildman–Crippen MR) is 102 cm³/mol. The number of amides is 2. The van der Waals surface area contributed by atoms with E-state index in [1.54, 1.807) is 0 Å². The maximum absolute atomic E-state index is 12.3. The molecule has 0 bridgehead atoms. The maximum Gasteiger partial charge on any atom is 0.328 e. The molecule has 0 spiro atoms. The Kier molecular flexibility index (Phi) is 7.68. The smallest absolute Gasteiger partial charge is 0.328 e. The van der Waals surface area contributed by atoms with Crippen molar-refractivity contribution in [1.82, 2.24) is 10.6 Å². The number of aryl methyl sites for hydroxylation is 1. The van der Waals surface area contributed by atoms with E-state index in [1.807, 2.05) is 55.5 Å². The second kappa shape index (κ2) is 10.2. The summed E-state index contributed by atoms with van der Waals surface area (Å²) in [5, 5.41) is 5.61. The molecule has 0 heterocycles. The normalized spacial score (nSPS) is 12.7. The Morgan fingerprint density at radius 3 is 2.08 bits per heavy atom. The summed E-state index contributed by atoms with van der Waals surface area (Å²) in [4.78, 5) is 24.2. The van der Waals surface area contributed by atoms with E-state index in [4.69, 9.17) is 4.74 Å². The monoisotopic (exact) mass is 354 g/mol. The number of ether oxygens (including phenoxy) is 1. The van der Waals surface area contributed by atoms with Crippen LogP contribution in [0.3, 0.4) is 0 Å². The van der Waals surface area contributed by atoms with Crippen molar-refractivity contribution in [1.29, 1.82) is 0 Å². The minimum Gasteiger partial charge on any atom is -0.467 e. The van der Waals surface area contributed by atoms with E-state index in [0.29, 0.717) is 6.42 Å². The van der Waals surface area contributed by atoms with E-state index < -0.39 is 12.0 Å². The summed E-state index contributed by atoms with van der Waals surface area (Å²) >= 11 is 0. The number of hydrogen-bond donors (Lipinski definition) is 2. The molecular weight excluding hydrogens is 328 g/mol. The van der Waals surface area contributed by atoms with Gasteiger partial charge in [-0.05, 0) is 30.9 Å². The van der Waals surface area contributed by atoms with E-state index in [9.17, 15) is 9.59 Å². The van der Waals surface area contributed by atoms with E-state index in [0.717, 1.165) is 18.4 Å². The summed E-state index contributed by atoms with van der Waals surface area (Å²) in [5.41, 5.74) is 2.19. The van der Waals surface area contributed by atoms with Gasteiger partial charge in [0.15, 0.2) is 0 Å². The second-order valence-corrected chi connectivity index (χ2v) is 6.31. The average Bonchev–Trinajstić information content (AvgIpc) is 2.67. The fourth-order valence-corrected chi connectivity index (χ4v) is 2.71. The van der Waals surface area contributed by atoms with Crippen molar-refractivity contribution in [3.05, 3.63) is 71.8 Å². The lowest BCUT2D eigenvalue weighted by Crippen LogP contribution is -2.49. The largest absolute Gasteiger partial charge is 0.467 e. The van der Waals surface area contributed by atoms with Crippen LogP contribution in [0, 0.1) is 0 Å². The van der Waals surface area contributed by atoms with Gasteiger partial charge in [0, 0.05) is 12.5 Å². The van der Waals surface area contributed by atoms with Crippen LogP contribution in [0.25, 0.3) is 0 Å². The van der Waals surface area contributed by atoms with Crippen LogP contribution in [0.4, 0.5) is 4.79 Å². The van der Waals surface area contributed by atoms with Crippen molar-refractivity contribution in [2.24, 2.45) is 0 Å². The molecule has 0 radical (unpaired) electrons. The third-order valence-electron chi connectivity index (χ3n) is 4.16. The van der Waals surface area contributed by atoms with Crippen LogP contribution < -0.4 is 10.6 Å². The molecule has 2 unspecified atom stereocenters. The number of carbonyl (C=O) groups excluding carboxylic acids is 2. The average molecular weight is 354 g/mol. The Labute approximate surface area is 154 Å². The molecule has 0 saturated heterocycles. The van der Waals surface area contributed by atoms with Gasteiger partial charge in [-0.3, -0.25) is 0 Å². The van der Waals surface area contributed by atoms with E-state index in [2.05, 4.69) is 22.8 Å². The number of hydrogen-bond acceptors (Lipinski definition) is 3. The van der Waals surface area contributed by atoms with Gasteiger partial charge < -0.3 is 15.4 Å². The lowest BCUT2D eigenvalue weighted by atomic mass is 10.1. The molecule has 5 nitrogen and oxygen atoms in total. The number of benzene rings is 2. The number of rotatable bonds is 8. The molecule has 2 aromatic carbocycles. The molecule has 0 aromatic heterocycles. The molecule has 26 heavy (non-hydrogen) atoms. The molecule has 2 atom stereocenters. The number of nitrogens with one attached hydrogen (secondary N) is 2. The molecule has 0 aliphatic rings. The van der Waals surface area contributed by atoms with Crippen molar-refractivity contribution in [3.63, 3.8) is 0 Å². The molecule has 0 aliphatic carbocycles. The third-order valence-corrected chi connectivity index (χ3v) is 4.16. The lowest BCUT2D eigenvalue weighted by Gasteiger charge is -2.19. The highest BCUT2D eigenvalue weighted by Crippen LogP contribution is 2.06. The zero-order valence-corrected chi connectivity index (χ0v) is 15.3. The molecule has 0 fully saturated rings. The van der Waals surface area contributed by atoms with Gasteiger partial charge in [-0.2, -0.15) is 0 Å². The Balaban J connectivity index is 1.84. The zero-order valence-electron chi connectivity index (χ0n) is 15.3. The number of methoxy groups -OCH3 is 1. The summed E-state index contributed by atoms with van der Waals surface area (Å²) in [5.74, 6) is -0.457. The highest BCUT2D eigenvalue weighted by atomic mass is 16.5. The molecule has 138 valence electrons. The summed E-state index contributed by atoms with van der Waals surface area (Å²) in [7, 11) is 1.32. The van der Waals surface area contributed by atoms with Gasteiger partial charge >= 0.3 is 12.0 Å². The lowest BCUT2D eigenvalue weighted by molar-refractivity contribution is -0.142. The number of esters is 1. The Morgan fingerprint density at radius 2 is 1.50 bits per heavy atom. The second-order valence-electron chi connectivity index (χ2n) is 6.31. The Bertz CT molecular complexity index is 689. The van der Waals surface area contributed by atoms with Crippen LogP contribution in [0.1, 0.15) is 24.5 Å². The predicted octanol–water partition coefficient (Wildman–Crippen LogP) is 3.09. The molecule has 0 aliphatic heterocycles.